The zero-order chi connectivity index (χ0) is 15.9. The Balaban J connectivity index is 0.00000264. The normalized spacial score (nSPS) is 18.2. The van der Waals surface area contributed by atoms with Crippen LogP contribution < -0.4 is 10.6 Å². The molecule has 1 aromatic rings. The number of likely N-dealkylation sites (N-methyl/N-ethyl adjacent to an activating group) is 1. The van der Waals surface area contributed by atoms with E-state index in [9.17, 15) is 4.79 Å². The summed E-state index contributed by atoms with van der Waals surface area (Å²) in [5.41, 5.74) is 1.02. The predicted molar refractivity (Wildman–Crippen MR) is 103 cm³/mol. The average Bonchev–Trinajstić information content (AvgIpc) is 2.50. The van der Waals surface area contributed by atoms with Gasteiger partial charge in [0.15, 0.2) is 0 Å². The first-order valence-electron chi connectivity index (χ1n) is 7.56. The van der Waals surface area contributed by atoms with Gasteiger partial charge in [0.05, 0.1) is 19.3 Å². The third-order valence-corrected chi connectivity index (χ3v) is 4.15. The summed E-state index contributed by atoms with van der Waals surface area (Å²) < 4.78 is 5.36. The van der Waals surface area contributed by atoms with Crippen LogP contribution in [0.2, 0.25) is 5.02 Å². The van der Waals surface area contributed by atoms with Gasteiger partial charge in [0.2, 0.25) is 5.91 Å². The van der Waals surface area contributed by atoms with Gasteiger partial charge in [0.1, 0.15) is 0 Å². The number of halogens is 3. The van der Waals surface area contributed by atoms with Gasteiger partial charge >= 0.3 is 0 Å². The van der Waals surface area contributed by atoms with E-state index in [1.807, 2.05) is 38.4 Å². The molecule has 1 fully saturated rings. The molecule has 0 bridgehead atoms. The summed E-state index contributed by atoms with van der Waals surface area (Å²) in [6, 6.07) is 7.89. The minimum absolute atomic E-state index is 0. The number of rotatable bonds is 6. The number of carbonyl (C=O) groups is 1. The van der Waals surface area contributed by atoms with E-state index in [1.54, 1.807) is 0 Å². The standard InChI is InChI=1S/C16H24ClN3O2.2ClH/c1-20(2)15(13-5-3-4-6-14(13)17)10-19-16(21)9-12-11-22-8-7-18-12;;/h3-6,12,15,18H,7-11H2,1-2H3,(H,19,21);2*1H. The van der Waals surface area contributed by atoms with Crippen LogP contribution in [0.25, 0.3) is 0 Å². The fourth-order valence-corrected chi connectivity index (χ4v) is 2.84. The van der Waals surface area contributed by atoms with E-state index < -0.39 is 0 Å². The highest BCUT2D eigenvalue weighted by Crippen LogP contribution is 2.25. The maximum absolute atomic E-state index is 12.1. The molecule has 0 spiro atoms. The Morgan fingerprint density at radius 2 is 2.12 bits per heavy atom. The lowest BCUT2D eigenvalue weighted by molar-refractivity contribution is -0.122. The second-order valence-electron chi connectivity index (χ2n) is 5.74. The van der Waals surface area contributed by atoms with E-state index in [4.69, 9.17) is 16.3 Å². The third kappa shape index (κ3) is 7.13. The highest BCUT2D eigenvalue weighted by Gasteiger charge is 2.20. The van der Waals surface area contributed by atoms with E-state index in [2.05, 4.69) is 15.5 Å². The van der Waals surface area contributed by atoms with Gasteiger partial charge in [0.25, 0.3) is 0 Å². The lowest BCUT2D eigenvalue weighted by Gasteiger charge is -2.27. The molecule has 24 heavy (non-hydrogen) atoms. The highest BCUT2D eigenvalue weighted by molar-refractivity contribution is 6.31. The van der Waals surface area contributed by atoms with Gasteiger partial charge in [0, 0.05) is 30.6 Å². The van der Waals surface area contributed by atoms with Crippen molar-refractivity contribution in [3.05, 3.63) is 34.9 Å². The summed E-state index contributed by atoms with van der Waals surface area (Å²) in [6.07, 6.45) is 0.433. The van der Waals surface area contributed by atoms with Gasteiger partial charge in [-0.25, -0.2) is 0 Å². The molecule has 2 N–H and O–H groups in total. The number of amides is 1. The summed E-state index contributed by atoms with van der Waals surface area (Å²) in [4.78, 5) is 14.2. The van der Waals surface area contributed by atoms with E-state index in [0.717, 1.165) is 17.1 Å². The average molecular weight is 399 g/mol. The molecule has 1 aliphatic heterocycles. The minimum atomic E-state index is 0. The van der Waals surface area contributed by atoms with Crippen molar-refractivity contribution in [2.75, 3.05) is 40.4 Å². The molecule has 5 nitrogen and oxygen atoms in total. The van der Waals surface area contributed by atoms with Crippen molar-refractivity contribution >= 4 is 42.3 Å². The summed E-state index contributed by atoms with van der Waals surface area (Å²) in [5, 5.41) is 7.01. The van der Waals surface area contributed by atoms with E-state index >= 15 is 0 Å². The second-order valence-corrected chi connectivity index (χ2v) is 6.14. The van der Waals surface area contributed by atoms with Crippen LogP contribution in [0.4, 0.5) is 0 Å². The van der Waals surface area contributed by atoms with Crippen LogP contribution in [-0.4, -0.2) is 57.2 Å². The molecule has 1 saturated heterocycles. The molecule has 1 aromatic carbocycles. The number of nitrogens with zero attached hydrogens (tertiary/aromatic N) is 1. The predicted octanol–water partition coefficient (Wildman–Crippen LogP) is 2.28. The Bertz CT molecular complexity index is 497. The smallest absolute Gasteiger partial charge is 0.221 e. The van der Waals surface area contributed by atoms with Crippen molar-refractivity contribution in [2.24, 2.45) is 0 Å². The van der Waals surface area contributed by atoms with Crippen molar-refractivity contribution < 1.29 is 9.53 Å². The summed E-state index contributed by atoms with van der Waals surface area (Å²) in [7, 11) is 3.97. The van der Waals surface area contributed by atoms with Crippen LogP contribution in [0.15, 0.2) is 24.3 Å². The molecule has 1 heterocycles. The Labute approximate surface area is 161 Å². The molecule has 2 rings (SSSR count). The lowest BCUT2D eigenvalue weighted by atomic mass is 10.1. The third-order valence-electron chi connectivity index (χ3n) is 3.81. The summed E-state index contributed by atoms with van der Waals surface area (Å²) >= 11 is 6.27. The molecule has 2 atom stereocenters. The van der Waals surface area contributed by atoms with Gasteiger partial charge in [-0.15, -0.1) is 24.8 Å². The number of benzene rings is 1. The Hall–Kier alpha value is -0.560. The van der Waals surface area contributed by atoms with Gasteiger partial charge < -0.3 is 20.3 Å². The van der Waals surface area contributed by atoms with Crippen molar-refractivity contribution in [1.82, 2.24) is 15.5 Å². The minimum Gasteiger partial charge on any atom is -0.378 e. The quantitative estimate of drug-likeness (QED) is 0.772. The van der Waals surface area contributed by atoms with Crippen molar-refractivity contribution in [3.8, 4) is 0 Å². The fraction of sp³-hybridized carbons (Fsp3) is 0.562. The topological polar surface area (TPSA) is 53.6 Å². The molecule has 0 radical (unpaired) electrons. The molecule has 0 aliphatic carbocycles. The Morgan fingerprint density at radius 3 is 2.71 bits per heavy atom. The first kappa shape index (κ1) is 23.4. The summed E-state index contributed by atoms with van der Waals surface area (Å²) in [5.74, 6) is 0.0295. The highest BCUT2D eigenvalue weighted by atomic mass is 35.5. The Morgan fingerprint density at radius 1 is 1.42 bits per heavy atom. The van der Waals surface area contributed by atoms with Crippen LogP contribution >= 0.6 is 36.4 Å². The number of hydrogen-bond donors (Lipinski definition) is 2. The Kier molecular flexibility index (Phi) is 11.6. The molecular formula is C16H26Cl3N3O2. The second kappa shape index (κ2) is 11.9. The van der Waals surface area contributed by atoms with Gasteiger partial charge in [-0.05, 0) is 25.7 Å². The zero-order valence-electron chi connectivity index (χ0n) is 14.0. The SMILES string of the molecule is CN(C)C(CNC(=O)CC1COCCN1)c1ccccc1Cl.Cl.Cl. The van der Waals surface area contributed by atoms with Crippen molar-refractivity contribution in [2.45, 2.75) is 18.5 Å². The largest absolute Gasteiger partial charge is 0.378 e. The lowest BCUT2D eigenvalue weighted by Crippen LogP contribution is -2.45. The van der Waals surface area contributed by atoms with Crippen LogP contribution in [0.3, 0.4) is 0 Å². The van der Waals surface area contributed by atoms with Gasteiger partial charge in [-0.1, -0.05) is 29.8 Å². The van der Waals surface area contributed by atoms with Crippen LogP contribution in [-0.2, 0) is 9.53 Å². The molecule has 0 saturated carbocycles. The van der Waals surface area contributed by atoms with Crippen molar-refractivity contribution in [1.29, 1.82) is 0 Å². The summed E-state index contributed by atoms with van der Waals surface area (Å²) in [6.45, 7) is 2.64. The van der Waals surface area contributed by atoms with Gasteiger partial charge in [-0.2, -0.15) is 0 Å². The maximum Gasteiger partial charge on any atom is 0.221 e. The first-order chi connectivity index (χ1) is 10.6. The number of morpholine rings is 1. The van der Waals surface area contributed by atoms with Crippen LogP contribution in [0.1, 0.15) is 18.0 Å². The number of hydrogen-bond acceptors (Lipinski definition) is 4. The maximum atomic E-state index is 12.1. The number of nitrogens with one attached hydrogen (secondary N) is 2. The molecule has 1 aliphatic rings. The molecule has 138 valence electrons. The molecule has 1 amide bonds. The van der Waals surface area contributed by atoms with E-state index in [0.29, 0.717) is 26.2 Å². The number of ether oxygens (including phenoxy) is 1. The molecule has 8 heteroatoms. The first-order valence-corrected chi connectivity index (χ1v) is 7.94. The molecular weight excluding hydrogens is 373 g/mol. The number of carbonyl (C=O) groups excluding carboxylic acids is 1. The van der Waals surface area contributed by atoms with Crippen LogP contribution in [0.5, 0.6) is 0 Å². The van der Waals surface area contributed by atoms with Gasteiger partial charge in [-0.3, -0.25) is 4.79 Å². The zero-order valence-corrected chi connectivity index (χ0v) is 16.3. The van der Waals surface area contributed by atoms with Crippen LogP contribution in [0, 0.1) is 0 Å². The fourth-order valence-electron chi connectivity index (χ4n) is 2.57. The van der Waals surface area contributed by atoms with Crippen molar-refractivity contribution in [3.63, 3.8) is 0 Å². The molecule has 2 unspecified atom stereocenters. The molecule has 0 aromatic heterocycles. The van der Waals surface area contributed by atoms with E-state index in [-0.39, 0.29) is 42.8 Å². The monoisotopic (exact) mass is 397 g/mol. The van der Waals surface area contributed by atoms with E-state index in [1.165, 1.54) is 0 Å².